The third-order valence-corrected chi connectivity index (χ3v) is 4.96. The lowest BCUT2D eigenvalue weighted by molar-refractivity contribution is 1.33. The molecule has 0 unspecified atom stereocenters. The van der Waals surface area contributed by atoms with Crippen molar-refractivity contribution in [1.82, 2.24) is 4.98 Å². The minimum Gasteiger partial charge on any atom is -0.265 e. The Morgan fingerprint density at radius 3 is 1.35 bits per heavy atom. The number of benzene rings is 4. The molecule has 5 aromatic rings. The Bertz CT molecular complexity index is 1110. The average molecular weight is 331 g/mol. The zero-order chi connectivity index (χ0) is 17.3. The van der Waals surface area contributed by atoms with Gasteiger partial charge in [0.15, 0.2) is 0 Å². The van der Waals surface area contributed by atoms with Gasteiger partial charge in [0, 0.05) is 12.4 Å². The topological polar surface area (TPSA) is 12.9 Å². The van der Waals surface area contributed by atoms with Crippen molar-refractivity contribution in [2.75, 3.05) is 0 Å². The van der Waals surface area contributed by atoms with Gasteiger partial charge in [-0.05, 0) is 55.9 Å². The van der Waals surface area contributed by atoms with Gasteiger partial charge in [0.2, 0.25) is 0 Å². The molecule has 5 rings (SSSR count). The van der Waals surface area contributed by atoms with Gasteiger partial charge < -0.3 is 0 Å². The zero-order valence-corrected chi connectivity index (χ0v) is 14.3. The van der Waals surface area contributed by atoms with Crippen LogP contribution in [0.1, 0.15) is 0 Å². The minimum atomic E-state index is 1.20. The predicted octanol–water partition coefficient (Wildman–Crippen LogP) is 6.72. The van der Waals surface area contributed by atoms with Crippen LogP contribution in [0.2, 0.25) is 0 Å². The molecule has 0 aliphatic carbocycles. The summed E-state index contributed by atoms with van der Waals surface area (Å²) in [7, 11) is 0. The molecule has 0 spiro atoms. The molecule has 4 aromatic carbocycles. The monoisotopic (exact) mass is 331 g/mol. The van der Waals surface area contributed by atoms with Gasteiger partial charge >= 0.3 is 0 Å². The van der Waals surface area contributed by atoms with Gasteiger partial charge in [0.05, 0.1) is 0 Å². The van der Waals surface area contributed by atoms with Crippen LogP contribution in [0.15, 0.2) is 103 Å². The van der Waals surface area contributed by atoms with Crippen molar-refractivity contribution in [3.8, 4) is 22.3 Å². The van der Waals surface area contributed by atoms with Crippen molar-refractivity contribution >= 4 is 21.5 Å². The summed E-state index contributed by atoms with van der Waals surface area (Å²) in [6.45, 7) is 0. The summed E-state index contributed by atoms with van der Waals surface area (Å²) >= 11 is 0. The summed E-state index contributed by atoms with van der Waals surface area (Å²) in [4.78, 5) is 4.22. The van der Waals surface area contributed by atoms with E-state index in [0.29, 0.717) is 0 Å². The lowest BCUT2D eigenvalue weighted by Crippen LogP contribution is -1.91. The van der Waals surface area contributed by atoms with Crippen molar-refractivity contribution in [3.63, 3.8) is 0 Å². The maximum absolute atomic E-state index is 4.22. The van der Waals surface area contributed by atoms with E-state index in [9.17, 15) is 0 Å². The summed E-state index contributed by atoms with van der Waals surface area (Å²) in [5.41, 5.74) is 4.99. The highest BCUT2D eigenvalue weighted by molar-refractivity contribution is 6.21. The number of nitrogens with zero attached hydrogens (tertiary/aromatic N) is 1. The SMILES string of the molecule is c1ccc(-c2c(-c3ccncc3)c3ccccc3c3ccccc23)cc1. The van der Waals surface area contributed by atoms with Crippen LogP contribution in [0, 0.1) is 0 Å². The number of hydrogen-bond acceptors (Lipinski definition) is 1. The lowest BCUT2D eigenvalue weighted by Gasteiger charge is -2.18. The van der Waals surface area contributed by atoms with E-state index >= 15 is 0 Å². The summed E-state index contributed by atoms with van der Waals surface area (Å²) in [5, 5.41) is 5.13. The fourth-order valence-corrected chi connectivity index (χ4v) is 3.86. The smallest absolute Gasteiger partial charge is 0.0273 e. The Morgan fingerprint density at radius 2 is 0.808 bits per heavy atom. The van der Waals surface area contributed by atoms with Crippen LogP contribution in [-0.4, -0.2) is 4.98 Å². The molecule has 0 N–H and O–H groups in total. The Morgan fingerprint density at radius 1 is 0.385 bits per heavy atom. The van der Waals surface area contributed by atoms with Crippen molar-refractivity contribution in [3.05, 3.63) is 103 Å². The normalized spacial score (nSPS) is 11.1. The van der Waals surface area contributed by atoms with Crippen LogP contribution in [0.4, 0.5) is 0 Å². The standard InChI is InChI=1S/C25H17N/c1-2-8-18(9-3-1)24-22-12-6-4-10-20(22)21-11-5-7-13-23(21)25(24)19-14-16-26-17-15-19/h1-17H. The van der Waals surface area contributed by atoms with Crippen molar-refractivity contribution < 1.29 is 0 Å². The molecule has 1 aromatic heterocycles. The third-order valence-electron chi connectivity index (χ3n) is 4.96. The second-order valence-electron chi connectivity index (χ2n) is 6.44. The van der Waals surface area contributed by atoms with Gasteiger partial charge in [0.1, 0.15) is 0 Å². The first-order valence-electron chi connectivity index (χ1n) is 8.83. The highest BCUT2D eigenvalue weighted by Crippen LogP contribution is 2.43. The molecule has 0 radical (unpaired) electrons. The fraction of sp³-hybridized carbons (Fsp3) is 0. The fourth-order valence-electron chi connectivity index (χ4n) is 3.86. The van der Waals surface area contributed by atoms with Crippen LogP contribution < -0.4 is 0 Å². The molecular weight excluding hydrogens is 314 g/mol. The highest BCUT2D eigenvalue weighted by Gasteiger charge is 2.16. The van der Waals surface area contributed by atoms with Crippen LogP contribution in [0.25, 0.3) is 43.8 Å². The number of fused-ring (bicyclic) bond motifs is 3. The molecule has 0 amide bonds. The van der Waals surface area contributed by atoms with Gasteiger partial charge in [-0.2, -0.15) is 0 Å². The van der Waals surface area contributed by atoms with Gasteiger partial charge in [-0.1, -0.05) is 78.9 Å². The molecule has 122 valence electrons. The second-order valence-corrected chi connectivity index (χ2v) is 6.44. The van der Waals surface area contributed by atoms with Crippen LogP contribution in [0.5, 0.6) is 0 Å². The first kappa shape index (κ1) is 14.9. The Labute approximate surface area is 152 Å². The van der Waals surface area contributed by atoms with Gasteiger partial charge in [-0.25, -0.2) is 0 Å². The summed E-state index contributed by atoms with van der Waals surface area (Å²) in [5.74, 6) is 0. The van der Waals surface area contributed by atoms with E-state index in [-0.39, 0.29) is 0 Å². The van der Waals surface area contributed by atoms with E-state index in [0.717, 1.165) is 0 Å². The molecular formula is C25H17N. The predicted molar refractivity (Wildman–Crippen MR) is 110 cm³/mol. The first-order chi connectivity index (χ1) is 12.9. The third kappa shape index (κ3) is 2.29. The first-order valence-corrected chi connectivity index (χ1v) is 8.83. The zero-order valence-electron chi connectivity index (χ0n) is 14.3. The quantitative estimate of drug-likeness (QED) is 0.327. The van der Waals surface area contributed by atoms with E-state index < -0.39 is 0 Å². The lowest BCUT2D eigenvalue weighted by atomic mass is 9.85. The molecule has 0 saturated heterocycles. The molecule has 1 heteroatoms. The van der Waals surface area contributed by atoms with Gasteiger partial charge in [-0.3, -0.25) is 4.98 Å². The van der Waals surface area contributed by atoms with E-state index in [1.54, 1.807) is 0 Å². The van der Waals surface area contributed by atoms with E-state index in [2.05, 4.69) is 96.0 Å². The maximum Gasteiger partial charge on any atom is 0.0273 e. The minimum absolute atomic E-state index is 1.20. The number of pyridine rings is 1. The van der Waals surface area contributed by atoms with Crippen molar-refractivity contribution in [2.24, 2.45) is 0 Å². The Balaban J connectivity index is 2.06. The Kier molecular flexibility index (Phi) is 3.50. The molecule has 0 atom stereocenters. The van der Waals surface area contributed by atoms with Gasteiger partial charge in [0.25, 0.3) is 0 Å². The molecule has 26 heavy (non-hydrogen) atoms. The second kappa shape index (κ2) is 6.12. The summed E-state index contributed by atoms with van der Waals surface area (Å²) in [6.07, 6.45) is 3.74. The van der Waals surface area contributed by atoms with Crippen LogP contribution in [0.3, 0.4) is 0 Å². The van der Waals surface area contributed by atoms with Crippen LogP contribution >= 0.6 is 0 Å². The molecule has 0 bridgehead atoms. The maximum atomic E-state index is 4.22. The summed E-state index contributed by atoms with van der Waals surface area (Å²) < 4.78 is 0. The number of rotatable bonds is 2. The summed E-state index contributed by atoms with van der Waals surface area (Å²) in [6, 6.07) is 32.3. The molecule has 0 saturated carbocycles. The molecule has 1 nitrogen and oxygen atoms in total. The molecule has 0 fully saturated rings. The highest BCUT2D eigenvalue weighted by atomic mass is 14.6. The average Bonchev–Trinajstić information content (AvgIpc) is 2.74. The largest absolute Gasteiger partial charge is 0.265 e. The van der Waals surface area contributed by atoms with Crippen molar-refractivity contribution in [2.45, 2.75) is 0 Å². The van der Waals surface area contributed by atoms with E-state index in [1.807, 2.05) is 12.4 Å². The molecule has 0 aliphatic rings. The number of hydrogen-bond donors (Lipinski definition) is 0. The molecule has 0 aliphatic heterocycles. The van der Waals surface area contributed by atoms with E-state index in [4.69, 9.17) is 0 Å². The van der Waals surface area contributed by atoms with Gasteiger partial charge in [-0.15, -0.1) is 0 Å². The number of aromatic nitrogens is 1. The molecule has 1 heterocycles. The Hall–Kier alpha value is -3.45. The van der Waals surface area contributed by atoms with Crippen LogP contribution in [-0.2, 0) is 0 Å². The van der Waals surface area contributed by atoms with E-state index in [1.165, 1.54) is 43.8 Å². The van der Waals surface area contributed by atoms with Crippen molar-refractivity contribution in [1.29, 1.82) is 0 Å².